The van der Waals surface area contributed by atoms with Crippen molar-refractivity contribution in [3.8, 4) is 0 Å². The maximum absolute atomic E-state index is 10.6. The van der Waals surface area contributed by atoms with E-state index in [0.717, 1.165) is 38.2 Å². The Morgan fingerprint density at radius 2 is 1.46 bits per heavy atom. The summed E-state index contributed by atoms with van der Waals surface area (Å²) in [6.07, 6.45) is -6.22. The van der Waals surface area contributed by atoms with E-state index in [1.54, 1.807) is 0 Å². The maximum Gasteiger partial charge on any atom is 0.490 e. The number of piperidine rings is 1. The predicted octanol–water partition coefficient (Wildman–Crippen LogP) is 4.72. The summed E-state index contributed by atoms with van der Waals surface area (Å²) in [7, 11) is 0. The molecule has 2 aliphatic rings. The Labute approximate surface area is 254 Å². The van der Waals surface area contributed by atoms with Crippen molar-refractivity contribution in [2.75, 3.05) is 19.7 Å². The van der Waals surface area contributed by atoms with Gasteiger partial charge in [-0.25, -0.2) is 14.4 Å². The van der Waals surface area contributed by atoms with Crippen molar-refractivity contribution in [3.05, 3.63) is 60.2 Å². The summed E-state index contributed by atoms with van der Waals surface area (Å²) in [6.45, 7) is 4.29. The number of likely N-dealkylation sites (tertiary alicyclic amines) is 1. The van der Waals surface area contributed by atoms with Gasteiger partial charge in [0, 0.05) is 38.1 Å². The number of rotatable bonds is 5. The first-order valence-electron chi connectivity index (χ1n) is 12.8. The van der Waals surface area contributed by atoms with Crippen LogP contribution >= 0.6 is 0 Å². The lowest BCUT2D eigenvalue weighted by atomic mass is 9.89. The van der Waals surface area contributed by atoms with Gasteiger partial charge < -0.3 is 24.8 Å². The zero-order valence-electron chi connectivity index (χ0n) is 23.5. The van der Waals surface area contributed by atoms with Gasteiger partial charge in [0.15, 0.2) is 0 Å². The van der Waals surface area contributed by atoms with Crippen LogP contribution in [0.2, 0.25) is 0 Å². The lowest BCUT2D eigenvalue weighted by molar-refractivity contribution is -0.193. The van der Waals surface area contributed by atoms with Crippen LogP contribution in [-0.2, 0) is 37.0 Å². The number of carbonyl (C=O) groups is 3. The molecular weight excluding hydrogens is 653 g/mol. The molecule has 2 atom stereocenters. The SMILES string of the molecule is O=C(O)C(F)(F)F.O=C(O)C(F)(F)F.O=C(O)C(F)(F)F.c1ccc(CO[C@H]2CO[C@@]3(CCCN(Cc4cccnc4)C3)C2)nc1. The van der Waals surface area contributed by atoms with Gasteiger partial charge in [0.1, 0.15) is 0 Å². The number of nitrogens with zero attached hydrogens (tertiary/aromatic N) is 3. The van der Waals surface area contributed by atoms with Gasteiger partial charge in [0.25, 0.3) is 0 Å². The third-order valence-electron chi connectivity index (χ3n) is 5.84. The van der Waals surface area contributed by atoms with Gasteiger partial charge in [-0.3, -0.25) is 14.9 Å². The molecule has 20 heteroatoms. The number of aliphatic carboxylic acids is 3. The molecule has 0 unspecified atom stereocenters. The second-order valence-electron chi connectivity index (χ2n) is 9.54. The second kappa shape index (κ2) is 17.6. The standard InChI is InChI=1S/C20H25N3O2.3C2HF3O2/c1-2-9-22-18(6-1)14-24-19-11-20(25-15-19)7-4-10-23(16-20)13-17-5-3-8-21-12-17;3*3-2(4,5)1(6)7/h1-3,5-6,8-9,12,19H,4,7,10-11,13-16H2;3*(H,6,7)/t19-,20+;;;/m1.../s1. The van der Waals surface area contributed by atoms with Gasteiger partial charge in [-0.05, 0) is 43.1 Å². The van der Waals surface area contributed by atoms with Crippen molar-refractivity contribution >= 4 is 17.9 Å². The number of pyridine rings is 2. The van der Waals surface area contributed by atoms with Crippen molar-refractivity contribution in [1.29, 1.82) is 0 Å². The Morgan fingerprint density at radius 3 is 1.91 bits per heavy atom. The summed E-state index contributed by atoms with van der Waals surface area (Å²) < 4.78 is 108. The molecule has 11 nitrogen and oxygen atoms in total. The van der Waals surface area contributed by atoms with Crippen molar-refractivity contribution < 1.29 is 78.7 Å². The van der Waals surface area contributed by atoms with Crippen LogP contribution in [0.5, 0.6) is 0 Å². The van der Waals surface area contributed by atoms with Crippen LogP contribution in [0.15, 0.2) is 48.9 Å². The van der Waals surface area contributed by atoms with Gasteiger partial charge >= 0.3 is 36.4 Å². The first kappa shape index (κ1) is 40.0. The van der Waals surface area contributed by atoms with Crippen LogP contribution in [0.3, 0.4) is 0 Å². The molecule has 258 valence electrons. The highest BCUT2D eigenvalue weighted by Gasteiger charge is 2.44. The third kappa shape index (κ3) is 15.8. The number of hydrogen-bond acceptors (Lipinski definition) is 8. The molecule has 2 aromatic rings. The monoisotopic (exact) mass is 681 g/mol. The largest absolute Gasteiger partial charge is 0.490 e. The van der Waals surface area contributed by atoms with E-state index >= 15 is 0 Å². The Hall–Kier alpha value is -4.04. The summed E-state index contributed by atoms with van der Waals surface area (Å²) in [4.78, 5) is 37.7. The van der Waals surface area contributed by atoms with Crippen LogP contribution in [-0.4, -0.2) is 98.0 Å². The molecule has 1 spiro atoms. The van der Waals surface area contributed by atoms with Crippen molar-refractivity contribution in [1.82, 2.24) is 14.9 Å². The Bertz CT molecular complexity index is 1180. The molecule has 4 rings (SSSR count). The lowest BCUT2D eigenvalue weighted by Crippen LogP contribution is -2.47. The molecular formula is C26H28F9N3O8. The lowest BCUT2D eigenvalue weighted by Gasteiger charge is -2.39. The zero-order chi connectivity index (χ0) is 35.2. The smallest absolute Gasteiger partial charge is 0.475 e. The van der Waals surface area contributed by atoms with E-state index in [0.29, 0.717) is 13.2 Å². The van der Waals surface area contributed by atoms with E-state index in [4.69, 9.17) is 39.2 Å². The molecule has 2 aromatic heterocycles. The molecule has 4 heterocycles. The fourth-order valence-corrected chi connectivity index (χ4v) is 3.96. The summed E-state index contributed by atoms with van der Waals surface area (Å²) in [5.74, 6) is -8.27. The second-order valence-corrected chi connectivity index (χ2v) is 9.54. The van der Waals surface area contributed by atoms with Crippen molar-refractivity contribution in [2.24, 2.45) is 0 Å². The van der Waals surface area contributed by atoms with Gasteiger partial charge in [0.05, 0.1) is 30.6 Å². The highest BCUT2D eigenvalue weighted by Crippen LogP contribution is 2.36. The highest BCUT2D eigenvalue weighted by molar-refractivity contribution is 5.73. The van der Waals surface area contributed by atoms with Crippen LogP contribution in [0.25, 0.3) is 0 Å². The average Bonchev–Trinajstić information content (AvgIpc) is 3.34. The molecule has 46 heavy (non-hydrogen) atoms. The van der Waals surface area contributed by atoms with Crippen molar-refractivity contribution in [3.63, 3.8) is 0 Å². The minimum absolute atomic E-state index is 0.0464. The van der Waals surface area contributed by atoms with Gasteiger partial charge in [-0.1, -0.05) is 12.1 Å². The minimum Gasteiger partial charge on any atom is -0.475 e. The van der Waals surface area contributed by atoms with Gasteiger partial charge in [-0.15, -0.1) is 0 Å². The zero-order valence-corrected chi connectivity index (χ0v) is 23.5. The fourth-order valence-electron chi connectivity index (χ4n) is 3.96. The van der Waals surface area contributed by atoms with Crippen LogP contribution < -0.4 is 0 Å². The number of carboxylic acid groups (broad SMARTS) is 3. The molecule has 0 saturated carbocycles. The predicted molar refractivity (Wildman–Crippen MR) is 136 cm³/mol. The van der Waals surface area contributed by atoms with Crippen LogP contribution in [0.4, 0.5) is 39.5 Å². The van der Waals surface area contributed by atoms with Gasteiger partial charge in [0.2, 0.25) is 0 Å². The molecule has 0 radical (unpaired) electrons. The summed E-state index contributed by atoms with van der Waals surface area (Å²) >= 11 is 0. The van der Waals surface area contributed by atoms with E-state index in [9.17, 15) is 39.5 Å². The normalized spacial score (nSPS) is 19.8. The fraction of sp³-hybridized carbons (Fsp3) is 0.500. The summed E-state index contributed by atoms with van der Waals surface area (Å²) in [5, 5.41) is 21.4. The van der Waals surface area contributed by atoms with E-state index in [1.165, 1.54) is 12.0 Å². The molecule has 2 fully saturated rings. The number of halogens is 9. The molecule has 2 aliphatic heterocycles. The number of aromatic nitrogens is 2. The average molecular weight is 682 g/mol. The number of hydrogen-bond donors (Lipinski definition) is 3. The van der Waals surface area contributed by atoms with E-state index < -0.39 is 36.4 Å². The van der Waals surface area contributed by atoms with Crippen LogP contribution in [0, 0.1) is 0 Å². The maximum atomic E-state index is 10.6. The minimum atomic E-state index is -5.08. The molecule has 3 N–H and O–H groups in total. The van der Waals surface area contributed by atoms with E-state index in [1.807, 2.05) is 42.9 Å². The number of ether oxygens (including phenoxy) is 2. The number of carboxylic acids is 3. The topological polar surface area (TPSA) is 159 Å². The Morgan fingerprint density at radius 1 is 0.891 bits per heavy atom. The first-order chi connectivity index (χ1) is 21.1. The van der Waals surface area contributed by atoms with Crippen molar-refractivity contribution in [2.45, 2.75) is 62.6 Å². The molecule has 0 bridgehead atoms. The molecule has 0 aliphatic carbocycles. The Balaban J connectivity index is 0.000000413. The molecule has 0 aromatic carbocycles. The van der Waals surface area contributed by atoms with Crippen LogP contribution in [0.1, 0.15) is 30.5 Å². The quantitative estimate of drug-likeness (QED) is 0.375. The molecule has 2 saturated heterocycles. The number of alkyl halides is 9. The van der Waals surface area contributed by atoms with E-state index in [-0.39, 0.29) is 11.7 Å². The summed E-state index contributed by atoms with van der Waals surface area (Å²) in [5.41, 5.74) is 2.20. The highest BCUT2D eigenvalue weighted by atomic mass is 19.4. The first-order valence-corrected chi connectivity index (χ1v) is 12.8. The van der Waals surface area contributed by atoms with Gasteiger partial charge in [-0.2, -0.15) is 39.5 Å². The third-order valence-corrected chi connectivity index (χ3v) is 5.84. The van der Waals surface area contributed by atoms with E-state index in [2.05, 4.69) is 20.9 Å². The Kier molecular flexibility index (Phi) is 15.3. The summed E-state index contributed by atoms with van der Waals surface area (Å²) in [6, 6.07) is 10.1. The molecule has 0 amide bonds.